The molecule has 196 valence electrons. The predicted octanol–water partition coefficient (Wildman–Crippen LogP) is 2.97. The normalized spacial score (nSPS) is 20.0. The summed E-state index contributed by atoms with van der Waals surface area (Å²) in [6.07, 6.45) is 0.543. The number of nitrogens with zero attached hydrogens (tertiary/aromatic N) is 3. The Hall–Kier alpha value is -2.52. The van der Waals surface area contributed by atoms with Crippen LogP contribution in [0.5, 0.6) is 5.75 Å². The van der Waals surface area contributed by atoms with Crippen molar-refractivity contribution in [2.24, 2.45) is 11.7 Å². The third kappa shape index (κ3) is 7.01. The first-order valence-electron chi connectivity index (χ1n) is 12.6. The minimum Gasteiger partial charge on any atom is -0.490 e. The maximum absolute atomic E-state index is 13.6. The second-order valence-electron chi connectivity index (χ2n) is 10.7. The molecule has 1 aromatic rings. The number of ether oxygens (including phenoxy) is 3. The molecule has 2 aliphatic heterocycles. The van der Waals surface area contributed by atoms with Crippen LogP contribution >= 0.6 is 0 Å². The van der Waals surface area contributed by atoms with Crippen LogP contribution in [0.2, 0.25) is 0 Å². The average Bonchev–Trinajstić information content (AvgIpc) is 3.16. The number of fused-ring (bicyclic) bond motifs is 1. The van der Waals surface area contributed by atoms with Gasteiger partial charge < -0.3 is 34.6 Å². The van der Waals surface area contributed by atoms with Gasteiger partial charge in [0.15, 0.2) is 0 Å². The van der Waals surface area contributed by atoms with Crippen molar-refractivity contribution in [2.45, 2.75) is 58.7 Å². The lowest BCUT2D eigenvalue weighted by atomic mass is 10.0. The van der Waals surface area contributed by atoms with E-state index in [0.29, 0.717) is 38.4 Å². The number of rotatable bonds is 8. The van der Waals surface area contributed by atoms with E-state index in [4.69, 9.17) is 19.9 Å². The van der Waals surface area contributed by atoms with Crippen molar-refractivity contribution in [3.8, 4) is 5.75 Å². The molecule has 0 saturated carbocycles. The van der Waals surface area contributed by atoms with E-state index in [1.165, 1.54) is 0 Å². The van der Waals surface area contributed by atoms with E-state index in [-0.39, 0.29) is 30.0 Å². The molecule has 1 fully saturated rings. The predicted molar refractivity (Wildman–Crippen MR) is 136 cm³/mol. The molecule has 9 nitrogen and oxygen atoms in total. The zero-order chi connectivity index (χ0) is 25.8. The number of hydrogen-bond donors (Lipinski definition) is 1. The Morgan fingerprint density at radius 3 is 2.66 bits per heavy atom. The minimum absolute atomic E-state index is 0.0182. The van der Waals surface area contributed by atoms with Crippen LogP contribution in [0.3, 0.4) is 0 Å². The van der Waals surface area contributed by atoms with Gasteiger partial charge in [0, 0.05) is 63.5 Å². The van der Waals surface area contributed by atoms with Crippen molar-refractivity contribution < 1.29 is 23.8 Å². The number of anilines is 1. The van der Waals surface area contributed by atoms with Crippen LogP contribution in [0.4, 0.5) is 10.5 Å². The first kappa shape index (κ1) is 27.1. The van der Waals surface area contributed by atoms with Crippen molar-refractivity contribution in [2.75, 3.05) is 57.9 Å². The summed E-state index contributed by atoms with van der Waals surface area (Å²) in [5.74, 6) is 0.723. The SMILES string of the molecule is COCCCN1CCOc2ccc(C(=O)N(C[C@@H]3CN(C(=O)OC(C)(C)C)C[C@H]3N)C(C)C)cc21. The largest absolute Gasteiger partial charge is 0.490 e. The van der Waals surface area contributed by atoms with E-state index < -0.39 is 5.60 Å². The third-order valence-electron chi connectivity index (χ3n) is 6.40. The van der Waals surface area contributed by atoms with Gasteiger partial charge in [0.05, 0.1) is 12.2 Å². The van der Waals surface area contributed by atoms with Gasteiger partial charge in [-0.2, -0.15) is 0 Å². The fourth-order valence-corrected chi connectivity index (χ4v) is 4.55. The van der Waals surface area contributed by atoms with Gasteiger partial charge in [0.25, 0.3) is 5.91 Å². The molecule has 0 aliphatic carbocycles. The Bertz CT molecular complexity index is 885. The second kappa shape index (κ2) is 11.5. The second-order valence-corrected chi connectivity index (χ2v) is 10.7. The molecule has 0 aromatic heterocycles. The van der Waals surface area contributed by atoms with E-state index in [0.717, 1.165) is 30.9 Å². The molecule has 0 bridgehead atoms. The number of carbonyl (C=O) groups excluding carboxylic acids is 2. The summed E-state index contributed by atoms with van der Waals surface area (Å²) in [6.45, 7) is 13.8. The zero-order valence-electron chi connectivity index (χ0n) is 22.1. The molecular weight excluding hydrogens is 448 g/mol. The molecule has 0 unspecified atom stereocenters. The highest BCUT2D eigenvalue weighted by molar-refractivity contribution is 5.96. The standard InChI is InChI=1S/C26H42N4O5/c1-18(2)30(16-20-15-29(17-21(20)27)25(32)35-26(3,4)5)24(31)19-8-9-23-22(14-19)28(11-13-34-23)10-7-12-33-6/h8-9,14,18,20-21H,7,10-13,15-17,27H2,1-6H3/t20-,21+/m0/s1. The number of hydrogen-bond acceptors (Lipinski definition) is 7. The molecule has 0 radical (unpaired) electrons. The van der Waals surface area contributed by atoms with Crippen molar-refractivity contribution in [3.05, 3.63) is 23.8 Å². The number of benzene rings is 1. The summed E-state index contributed by atoms with van der Waals surface area (Å²) in [6, 6.07) is 5.41. The Labute approximate surface area is 209 Å². The fraction of sp³-hybridized carbons (Fsp3) is 0.692. The fourth-order valence-electron chi connectivity index (χ4n) is 4.55. The lowest BCUT2D eigenvalue weighted by Gasteiger charge is -2.33. The molecule has 9 heteroatoms. The van der Waals surface area contributed by atoms with Crippen molar-refractivity contribution in [1.29, 1.82) is 0 Å². The lowest BCUT2D eigenvalue weighted by Crippen LogP contribution is -2.44. The Balaban J connectivity index is 1.72. The van der Waals surface area contributed by atoms with E-state index in [1.54, 1.807) is 12.0 Å². The van der Waals surface area contributed by atoms with Gasteiger partial charge in [-0.3, -0.25) is 4.79 Å². The monoisotopic (exact) mass is 490 g/mol. The van der Waals surface area contributed by atoms with Crippen LogP contribution in [-0.2, 0) is 9.47 Å². The molecule has 35 heavy (non-hydrogen) atoms. The van der Waals surface area contributed by atoms with Gasteiger partial charge in [0.1, 0.15) is 18.0 Å². The minimum atomic E-state index is -0.563. The van der Waals surface area contributed by atoms with Crippen LogP contribution < -0.4 is 15.4 Å². The molecule has 2 heterocycles. The maximum atomic E-state index is 13.6. The van der Waals surface area contributed by atoms with E-state index in [1.807, 2.05) is 57.7 Å². The molecule has 2 N–H and O–H groups in total. The van der Waals surface area contributed by atoms with Gasteiger partial charge in [-0.15, -0.1) is 0 Å². The first-order valence-corrected chi connectivity index (χ1v) is 12.6. The molecule has 0 spiro atoms. The van der Waals surface area contributed by atoms with Crippen LogP contribution in [0, 0.1) is 5.92 Å². The van der Waals surface area contributed by atoms with Crippen LogP contribution in [0.25, 0.3) is 0 Å². The molecular formula is C26H42N4O5. The maximum Gasteiger partial charge on any atom is 0.410 e. The molecule has 2 aliphatic rings. The smallest absolute Gasteiger partial charge is 0.410 e. The third-order valence-corrected chi connectivity index (χ3v) is 6.40. The number of methoxy groups -OCH3 is 1. The highest BCUT2D eigenvalue weighted by Gasteiger charge is 2.37. The lowest BCUT2D eigenvalue weighted by molar-refractivity contribution is 0.0284. The Morgan fingerprint density at radius 1 is 1.26 bits per heavy atom. The van der Waals surface area contributed by atoms with E-state index >= 15 is 0 Å². The quantitative estimate of drug-likeness (QED) is 0.560. The van der Waals surface area contributed by atoms with Crippen molar-refractivity contribution >= 4 is 17.7 Å². The van der Waals surface area contributed by atoms with Gasteiger partial charge in [-0.25, -0.2) is 4.79 Å². The summed E-state index contributed by atoms with van der Waals surface area (Å²) in [5.41, 5.74) is 7.40. The van der Waals surface area contributed by atoms with Gasteiger partial charge >= 0.3 is 6.09 Å². The molecule has 2 atom stereocenters. The van der Waals surface area contributed by atoms with Gasteiger partial charge in [0.2, 0.25) is 0 Å². The first-order chi connectivity index (χ1) is 16.5. The van der Waals surface area contributed by atoms with E-state index in [2.05, 4.69) is 4.90 Å². The molecule has 2 amide bonds. The number of carbonyl (C=O) groups is 2. The topological polar surface area (TPSA) is 97.6 Å². The van der Waals surface area contributed by atoms with Crippen LogP contribution in [0.1, 0.15) is 51.4 Å². The highest BCUT2D eigenvalue weighted by atomic mass is 16.6. The summed E-state index contributed by atoms with van der Waals surface area (Å²) >= 11 is 0. The molecule has 3 rings (SSSR count). The van der Waals surface area contributed by atoms with Crippen molar-refractivity contribution in [3.63, 3.8) is 0 Å². The molecule has 1 aromatic carbocycles. The number of nitrogens with two attached hydrogens (primary N) is 1. The summed E-state index contributed by atoms with van der Waals surface area (Å²) < 4.78 is 16.5. The van der Waals surface area contributed by atoms with Crippen molar-refractivity contribution in [1.82, 2.24) is 9.80 Å². The zero-order valence-corrected chi connectivity index (χ0v) is 22.1. The summed E-state index contributed by atoms with van der Waals surface area (Å²) in [7, 11) is 1.70. The highest BCUT2D eigenvalue weighted by Crippen LogP contribution is 2.33. The van der Waals surface area contributed by atoms with Gasteiger partial charge in [-0.1, -0.05) is 0 Å². The van der Waals surface area contributed by atoms with Crippen LogP contribution in [-0.4, -0.2) is 92.5 Å². The van der Waals surface area contributed by atoms with E-state index in [9.17, 15) is 9.59 Å². The van der Waals surface area contributed by atoms with Gasteiger partial charge in [-0.05, 0) is 59.2 Å². The average molecular weight is 491 g/mol. The Kier molecular flexibility index (Phi) is 8.88. The number of amides is 2. The molecule has 1 saturated heterocycles. The summed E-state index contributed by atoms with van der Waals surface area (Å²) in [4.78, 5) is 31.9. The Morgan fingerprint density at radius 2 is 2.00 bits per heavy atom. The number of likely N-dealkylation sites (tertiary alicyclic amines) is 1. The summed E-state index contributed by atoms with van der Waals surface area (Å²) in [5, 5.41) is 0. The van der Waals surface area contributed by atoms with Crippen LogP contribution in [0.15, 0.2) is 18.2 Å².